The standard InChI is InChI=1S/C8H12N.C5H5.CHF3O3S.Fe/c1-9(2)7-8-5-3-4-6-8;1-2-4-5-3-1;2-1(3,4)8(5,6)7;/h3-6H,7H2,1-2H3;1-5H;(H,5,6,7);/q-1;-5;;. The van der Waals surface area contributed by atoms with Crippen molar-refractivity contribution in [2.24, 2.45) is 0 Å². The molecule has 0 atom stereocenters. The van der Waals surface area contributed by atoms with Crippen LogP contribution in [0.3, 0.4) is 0 Å². The fourth-order valence-corrected chi connectivity index (χ4v) is 1.26. The van der Waals surface area contributed by atoms with E-state index in [1.54, 1.807) is 0 Å². The monoisotopic (exact) mass is 393 g/mol. The van der Waals surface area contributed by atoms with Gasteiger partial charge in [-0.25, -0.2) is 20.6 Å². The van der Waals surface area contributed by atoms with Crippen LogP contribution in [0.5, 0.6) is 0 Å². The minimum absolute atomic E-state index is 0. The molecule has 2 rings (SSSR count). The maximum Gasteiger partial charge on any atom is 0.485 e. The van der Waals surface area contributed by atoms with Gasteiger partial charge in [-0.15, -0.1) is 5.56 Å². The number of alkyl halides is 3. The van der Waals surface area contributed by atoms with E-state index in [4.69, 9.17) is 13.0 Å². The third-order valence-electron chi connectivity index (χ3n) is 2.13. The topological polar surface area (TPSA) is 61.6 Å². The van der Waals surface area contributed by atoms with Gasteiger partial charge in [0.2, 0.25) is 0 Å². The molecule has 4 nitrogen and oxygen atoms in total. The molecule has 0 unspecified atom stereocenters. The van der Waals surface area contributed by atoms with E-state index in [2.05, 4.69) is 38.4 Å². The van der Waals surface area contributed by atoms with E-state index in [-0.39, 0.29) is 17.1 Å². The van der Waals surface area contributed by atoms with E-state index < -0.39 is 15.6 Å². The van der Waals surface area contributed by atoms with Crippen LogP contribution in [0.1, 0.15) is 5.56 Å². The predicted octanol–water partition coefficient (Wildman–Crippen LogP) is 1.50. The summed E-state index contributed by atoms with van der Waals surface area (Å²) in [4.78, 5) is 1.47. The zero-order chi connectivity index (χ0) is 17.2. The van der Waals surface area contributed by atoms with E-state index in [1.807, 2.05) is 30.3 Å². The summed E-state index contributed by atoms with van der Waals surface area (Å²) in [5.41, 5.74) is -4.22. The quantitative estimate of drug-likeness (QED) is 0.364. The Hall–Kier alpha value is -1.12. The number of hydrogen-bond acceptors (Lipinski definition) is 3. The van der Waals surface area contributed by atoms with Gasteiger partial charge >= 0.3 is 5.51 Å². The molecule has 0 aliphatic heterocycles. The fourth-order valence-electron chi connectivity index (χ4n) is 1.26. The van der Waals surface area contributed by atoms with Gasteiger partial charge in [0.05, 0.1) is 20.6 Å². The third-order valence-corrected chi connectivity index (χ3v) is 2.70. The molecule has 0 radical (unpaired) electrons. The molecule has 0 spiro atoms. The maximum absolute atomic E-state index is 10.7. The first kappa shape index (κ1) is 24.1. The summed E-state index contributed by atoms with van der Waals surface area (Å²) >= 11 is 0. The summed E-state index contributed by atoms with van der Waals surface area (Å²) in [5.74, 6) is 0. The first-order valence-corrected chi connectivity index (χ1v) is 7.63. The van der Waals surface area contributed by atoms with Gasteiger partial charge in [-0.2, -0.15) is 25.3 Å². The molecular weight excluding hydrogens is 375 g/mol. The van der Waals surface area contributed by atoms with Crippen LogP contribution < -0.4 is 4.90 Å². The minimum atomic E-state index is -6.09. The van der Waals surface area contributed by atoms with Gasteiger partial charge in [0.15, 0.2) is 10.1 Å². The Morgan fingerprint density at radius 1 is 1.04 bits per heavy atom. The summed E-state index contributed by atoms with van der Waals surface area (Å²) in [7, 11) is -1.77. The summed E-state index contributed by atoms with van der Waals surface area (Å²) in [6, 6.07) is 18.5. The third kappa shape index (κ3) is 13.1. The molecule has 1 N–H and O–H groups in total. The molecule has 0 aromatic heterocycles. The molecule has 2 aromatic rings. The van der Waals surface area contributed by atoms with Crippen LogP contribution in [-0.4, -0.2) is 32.6 Å². The molecular formula is C14H18F3FeNO3S-6. The van der Waals surface area contributed by atoms with Crippen LogP contribution in [0.15, 0.2) is 54.6 Å². The second kappa shape index (κ2) is 11.4. The molecule has 0 saturated heterocycles. The largest absolute Gasteiger partial charge is 0.748 e. The van der Waals surface area contributed by atoms with Crippen LogP contribution in [0.25, 0.3) is 0 Å². The van der Waals surface area contributed by atoms with E-state index >= 15 is 0 Å². The SMILES string of the molecule is C[NH+](C)C[c-]1cccc1.O=S(=O)([O-])C(F)(F)F.[Fe].[cH-]1[cH-][cH-][cH-][cH-]1. The predicted molar refractivity (Wildman–Crippen MR) is 76.3 cm³/mol. The van der Waals surface area contributed by atoms with Crippen LogP contribution >= 0.6 is 0 Å². The normalized spacial score (nSPS) is 10.7. The van der Waals surface area contributed by atoms with Crippen molar-refractivity contribution in [3.8, 4) is 0 Å². The molecule has 0 saturated carbocycles. The number of nitrogens with one attached hydrogen (secondary N) is 1. The van der Waals surface area contributed by atoms with Crippen molar-refractivity contribution in [1.29, 1.82) is 0 Å². The smallest absolute Gasteiger partial charge is 0.485 e. The molecule has 138 valence electrons. The van der Waals surface area contributed by atoms with Crippen LogP contribution in [-0.2, 0) is 33.7 Å². The van der Waals surface area contributed by atoms with E-state index in [1.165, 1.54) is 10.5 Å². The van der Waals surface area contributed by atoms with E-state index in [9.17, 15) is 13.2 Å². The van der Waals surface area contributed by atoms with Crippen molar-refractivity contribution < 1.29 is 48.1 Å². The van der Waals surface area contributed by atoms with Gasteiger partial charge in [0, 0.05) is 17.1 Å². The second-order valence-electron chi connectivity index (χ2n) is 4.54. The average molecular weight is 393 g/mol. The van der Waals surface area contributed by atoms with Gasteiger partial charge in [0.1, 0.15) is 0 Å². The van der Waals surface area contributed by atoms with Gasteiger partial charge in [-0.3, -0.25) is 0 Å². The van der Waals surface area contributed by atoms with Crippen molar-refractivity contribution in [1.82, 2.24) is 0 Å². The number of halogens is 3. The zero-order valence-electron chi connectivity index (χ0n) is 12.5. The Balaban J connectivity index is 0. The first-order valence-electron chi connectivity index (χ1n) is 6.22. The van der Waals surface area contributed by atoms with E-state index in [0.29, 0.717) is 0 Å². The molecule has 0 aliphatic rings. The zero-order valence-corrected chi connectivity index (χ0v) is 14.4. The molecule has 0 bridgehead atoms. The van der Waals surface area contributed by atoms with E-state index in [0.717, 1.165) is 6.54 Å². The number of hydrogen-bond donors (Lipinski definition) is 1. The van der Waals surface area contributed by atoms with Crippen molar-refractivity contribution >= 4 is 10.1 Å². The summed E-state index contributed by atoms with van der Waals surface area (Å²) < 4.78 is 58.9. The minimum Gasteiger partial charge on any atom is -0.748 e. The molecule has 2 aromatic carbocycles. The number of quaternary nitrogens is 1. The molecule has 0 heterocycles. The Bertz CT molecular complexity index is 562. The van der Waals surface area contributed by atoms with Crippen molar-refractivity contribution in [3.05, 3.63) is 60.2 Å². The Kier molecular flexibility index (Phi) is 12.0. The summed E-state index contributed by atoms with van der Waals surface area (Å²) in [6.07, 6.45) is 0. The summed E-state index contributed by atoms with van der Waals surface area (Å²) in [6.45, 7) is 1.13. The summed E-state index contributed by atoms with van der Waals surface area (Å²) in [5, 5.41) is 0. The Morgan fingerprint density at radius 3 is 1.57 bits per heavy atom. The van der Waals surface area contributed by atoms with Gasteiger partial charge in [0.25, 0.3) is 0 Å². The molecule has 0 amide bonds. The molecule has 0 fully saturated rings. The van der Waals surface area contributed by atoms with Crippen molar-refractivity contribution in [3.63, 3.8) is 0 Å². The number of rotatable bonds is 2. The van der Waals surface area contributed by atoms with Gasteiger partial charge in [-0.05, 0) is 0 Å². The van der Waals surface area contributed by atoms with Crippen LogP contribution in [0, 0.1) is 0 Å². The van der Waals surface area contributed by atoms with Crippen LogP contribution in [0.2, 0.25) is 0 Å². The second-order valence-corrected chi connectivity index (χ2v) is 5.91. The fraction of sp³-hybridized carbons (Fsp3) is 0.286. The van der Waals surface area contributed by atoms with Crippen LogP contribution in [0.4, 0.5) is 13.2 Å². The maximum atomic E-state index is 10.7. The Morgan fingerprint density at radius 2 is 1.35 bits per heavy atom. The van der Waals surface area contributed by atoms with Crippen molar-refractivity contribution in [2.45, 2.75) is 12.1 Å². The molecule has 0 aliphatic carbocycles. The first-order chi connectivity index (χ1) is 10.0. The van der Waals surface area contributed by atoms with Gasteiger partial charge in [-0.1, -0.05) is 0 Å². The van der Waals surface area contributed by atoms with Gasteiger partial charge < -0.3 is 39.8 Å². The average Bonchev–Trinajstić information content (AvgIpc) is 3.00. The Labute approximate surface area is 144 Å². The van der Waals surface area contributed by atoms with Crippen molar-refractivity contribution in [2.75, 3.05) is 14.1 Å². The molecule has 23 heavy (non-hydrogen) atoms. The molecule has 9 heteroatoms.